The molecule has 1 unspecified atom stereocenters. The predicted molar refractivity (Wildman–Crippen MR) is 77.0 cm³/mol. The normalized spacial score (nSPS) is 11.9. The first-order valence-corrected chi connectivity index (χ1v) is 7.30. The van der Waals surface area contributed by atoms with E-state index >= 15 is 0 Å². The molecule has 0 heterocycles. The van der Waals surface area contributed by atoms with Crippen molar-refractivity contribution in [3.63, 3.8) is 0 Å². The summed E-state index contributed by atoms with van der Waals surface area (Å²) in [6.07, 6.45) is 3.30. The van der Waals surface area contributed by atoms with E-state index in [-0.39, 0.29) is 0 Å². The van der Waals surface area contributed by atoms with Crippen molar-refractivity contribution in [1.82, 2.24) is 5.32 Å². The van der Waals surface area contributed by atoms with Crippen LogP contribution < -0.4 is 10.1 Å². The first-order valence-electron chi connectivity index (χ1n) is 6.01. The van der Waals surface area contributed by atoms with Crippen molar-refractivity contribution >= 4 is 11.8 Å². The Hall–Kier alpha value is -1.18. The number of nitrogens with one attached hydrogen (secondary N) is 1. The van der Waals surface area contributed by atoms with E-state index in [1.807, 2.05) is 23.9 Å². The summed E-state index contributed by atoms with van der Waals surface area (Å²) in [4.78, 5) is 0. The van der Waals surface area contributed by atoms with Gasteiger partial charge in [0.15, 0.2) is 0 Å². The summed E-state index contributed by atoms with van der Waals surface area (Å²) in [6, 6.07) is 7.81. The van der Waals surface area contributed by atoms with Gasteiger partial charge in [-0.25, -0.2) is 0 Å². The number of rotatable bonds is 7. The molecule has 0 aliphatic rings. The second-order valence-corrected chi connectivity index (χ2v) is 5.43. The van der Waals surface area contributed by atoms with Crippen LogP contribution in [0.5, 0.6) is 5.75 Å². The molecule has 3 nitrogen and oxygen atoms in total. The Bertz CT molecular complexity index is 415. The van der Waals surface area contributed by atoms with Crippen molar-refractivity contribution in [3.05, 3.63) is 29.3 Å². The Morgan fingerprint density at radius 3 is 2.89 bits per heavy atom. The minimum absolute atomic E-state index is 0.581. The summed E-state index contributed by atoms with van der Waals surface area (Å²) in [5.41, 5.74) is 1.72. The van der Waals surface area contributed by atoms with Gasteiger partial charge < -0.3 is 10.1 Å². The van der Waals surface area contributed by atoms with Gasteiger partial charge in [0.2, 0.25) is 0 Å². The number of nitrogens with zero attached hydrogens (tertiary/aromatic N) is 1. The van der Waals surface area contributed by atoms with Crippen LogP contribution in [-0.4, -0.2) is 25.2 Å². The number of benzene rings is 1. The molecule has 0 spiro atoms. The lowest BCUT2D eigenvalue weighted by Gasteiger charge is -2.10. The molecule has 0 aliphatic heterocycles. The maximum absolute atomic E-state index is 8.89. The lowest BCUT2D eigenvalue weighted by Crippen LogP contribution is -2.17. The lowest BCUT2D eigenvalue weighted by molar-refractivity contribution is 0.412. The van der Waals surface area contributed by atoms with Gasteiger partial charge in [0, 0.05) is 11.8 Å². The molecule has 0 aliphatic carbocycles. The second kappa shape index (κ2) is 8.02. The molecule has 0 saturated heterocycles. The molecule has 0 fully saturated rings. The Morgan fingerprint density at radius 2 is 2.28 bits per heavy atom. The lowest BCUT2D eigenvalue weighted by atomic mass is 10.1. The number of nitriles is 1. The van der Waals surface area contributed by atoms with E-state index in [1.54, 1.807) is 13.2 Å². The highest BCUT2D eigenvalue weighted by Gasteiger charge is 2.03. The SMILES string of the molecule is COc1cc(CNCCC(C)SC)ccc1C#N. The van der Waals surface area contributed by atoms with Crippen LogP contribution in [0.3, 0.4) is 0 Å². The first kappa shape index (κ1) is 14.9. The van der Waals surface area contributed by atoms with E-state index in [0.717, 1.165) is 25.1 Å². The average molecular weight is 264 g/mol. The number of hydrogen-bond acceptors (Lipinski definition) is 4. The van der Waals surface area contributed by atoms with Crippen LogP contribution in [0.1, 0.15) is 24.5 Å². The molecule has 0 radical (unpaired) electrons. The topological polar surface area (TPSA) is 45.0 Å². The van der Waals surface area contributed by atoms with Crippen molar-refractivity contribution < 1.29 is 4.74 Å². The molecular weight excluding hydrogens is 244 g/mol. The van der Waals surface area contributed by atoms with Gasteiger partial charge >= 0.3 is 0 Å². The van der Waals surface area contributed by atoms with Gasteiger partial charge in [-0.1, -0.05) is 13.0 Å². The zero-order valence-electron chi connectivity index (χ0n) is 11.2. The maximum Gasteiger partial charge on any atom is 0.136 e. The number of hydrogen-bond donors (Lipinski definition) is 1. The molecule has 1 rings (SSSR count). The second-order valence-electron chi connectivity index (χ2n) is 4.16. The fourth-order valence-electron chi connectivity index (χ4n) is 1.59. The minimum atomic E-state index is 0.581. The third kappa shape index (κ3) is 4.59. The third-order valence-corrected chi connectivity index (χ3v) is 3.89. The van der Waals surface area contributed by atoms with Crippen LogP contribution in [0.4, 0.5) is 0 Å². The number of ether oxygens (including phenoxy) is 1. The summed E-state index contributed by atoms with van der Waals surface area (Å²) >= 11 is 1.89. The first-order chi connectivity index (χ1) is 8.71. The van der Waals surface area contributed by atoms with Gasteiger partial charge in [0.1, 0.15) is 11.8 Å². The van der Waals surface area contributed by atoms with Crippen molar-refractivity contribution in [2.45, 2.75) is 25.1 Å². The summed E-state index contributed by atoms with van der Waals surface area (Å²) in [6.45, 7) is 4.05. The monoisotopic (exact) mass is 264 g/mol. The van der Waals surface area contributed by atoms with Gasteiger partial charge in [-0.2, -0.15) is 17.0 Å². The van der Waals surface area contributed by atoms with E-state index in [4.69, 9.17) is 10.00 Å². The van der Waals surface area contributed by atoms with Gasteiger partial charge in [0.05, 0.1) is 12.7 Å². The minimum Gasteiger partial charge on any atom is -0.495 e. The van der Waals surface area contributed by atoms with Gasteiger partial charge in [-0.15, -0.1) is 0 Å². The zero-order valence-corrected chi connectivity index (χ0v) is 12.0. The predicted octanol–water partition coefficient (Wildman–Crippen LogP) is 2.80. The van der Waals surface area contributed by atoms with Crippen LogP contribution in [0.2, 0.25) is 0 Å². The summed E-state index contributed by atoms with van der Waals surface area (Å²) in [7, 11) is 1.59. The highest BCUT2D eigenvalue weighted by atomic mass is 32.2. The molecule has 18 heavy (non-hydrogen) atoms. The highest BCUT2D eigenvalue weighted by Crippen LogP contribution is 2.19. The summed E-state index contributed by atoms with van der Waals surface area (Å²) in [5.74, 6) is 0.647. The molecule has 1 N–H and O–H groups in total. The molecule has 4 heteroatoms. The van der Waals surface area contributed by atoms with Gasteiger partial charge in [0.25, 0.3) is 0 Å². The quantitative estimate of drug-likeness (QED) is 0.769. The molecule has 1 aromatic rings. The molecule has 0 amide bonds. The van der Waals surface area contributed by atoms with Gasteiger partial charge in [-0.3, -0.25) is 0 Å². The summed E-state index contributed by atoms with van der Waals surface area (Å²) < 4.78 is 5.19. The molecule has 98 valence electrons. The smallest absolute Gasteiger partial charge is 0.136 e. The number of thioether (sulfide) groups is 1. The van der Waals surface area contributed by atoms with Crippen LogP contribution in [-0.2, 0) is 6.54 Å². The maximum atomic E-state index is 8.89. The molecule has 0 saturated carbocycles. The fraction of sp³-hybridized carbons (Fsp3) is 0.500. The Labute approximate surface area is 114 Å². The van der Waals surface area contributed by atoms with E-state index in [2.05, 4.69) is 24.6 Å². The molecular formula is C14H20N2OS. The Kier molecular flexibility index (Phi) is 6.63. The Balaban J connectivity index is 2.46. The van der Waals surface area contributed by atoms with Crippen LogP contribution >= 0.6 is 11.8 Å². The van der Waals surface area contributed by atoms with Crippen molar-refractivity contribution in [2.24, 2.45) is 0 Å². The van der Waals surface area contributed by atoms with Crippen LogP contribution in [0.25, 0.3) is 0 Å². The fourth-order valence-corrected chi connectivity index (χ4v) is 1.95. The van der Waals surface area contributed by atoms with E-state index < -0.39 is 0 Å². The van der Waals surface area contributed by atoms with Crippen molar-refractivity contribution in [2.75, 3.05) is 19.9 Å². The molecule has 0 bridgehead atoms. The van der Waals surface area contributed by atoms with E-state index in [0.29, 0.717) is 16.6 Å². The Morgan fingerprint density at radius 1 is 1.50 bits per heavy atom. The standard InChI is InChI=1S/C14H20N2OS/c1-11(18-3)6-7-16-10-12-4-5-13(9-15)14(8-12)17-2/h4-5,8,11,16H,6-7,10H2,1-3H3. The van der Waals surface area contributed by atoms with E-state index in [9.17, 15) is 0 Å². The van der Waals surface area contributed by atoms with Gasteiger partial charge in [-0.05, 0) is 36.9 Å². The largest absolute Gasteiger partial charge is 0.495 e. The zero-order chi connectivity index (χ0) is 13.4. The molecule has 0 aromatic heterocycles. The highest BCUT2D eigenvalue weighted by molar-refractivity contribution is 7.99. The van der Waals surface area contributed by atoms with Crippen LogP contribution in [0.15, 0.2) is 18.2 Å². The van der Waals surface area contributed by atoms with Crippen molar-refractivity contribution in [3.8, 4) is 11.8 Å². The average Bonchev–Trinajstić information content (AvgIpc) is 2.42. The molecule has 1 atom stereocenters. The summed E-state index contributed by atoms with van der Waals surface area (Å²) in [5, 5.41) is 13.0. The molecule has 1 aromatic carbocycles. The van der Waals surface area contributed by atoms with Crippen LogP contribution in [0, 0.1) is 11.3 Å². The van der Waals surface area contributed by atoms with Crippen molar-refractivity contribution in [1.29, 1.82) is 5.26 Å². The third-order valence-electron chi connectivity index (χ3n) is 2.85. The van der Waals surface area contributed by atoms with E-state index in [1.165, 1.54) is 0 Å². The number of methoxy groups -OCH3 is 1.